The fraction of sp³-hybridized carbons (Fsp3) is 0.762. The van der Waals surface area contributed by atoms with E-state index in [0.29, 0.717) is 12.1 Å². The van der Waals surface area contributed by atoms with Crippen LogP contribution in [0.1, 0.15) is 51.9 Å². The molecule has 2 aliphatic rings. The second kappa shape index (κ2) is 10.9. The van der Waals surface area contributed by atoms with Crippen LogP contribution in [0.5, 0.6) is 0 Å². The number of aliphatic imine (C=N–C) groups is 1. The molecular weight excluding hydrogens is 356 g/mol. The lowest BCUT2D eigenvalue weighted by atomic mass is 9.98. The van der Waals surface area contributed by atoms with E-state index < -0.39 is 0 Å². The molecule has 1 saturated carbocycles. The van der Waals surface area contributed by atoms with Crippen molar-refractivity contribution in [2.45, 2.75) is 64.0 Å². The average molecular weight is 393 g/mol. The van der Waals surface area contributed by atoms with Crippen LogP contribution in [0.3, 0.4) is 0 Å². The predicted molar refractivity (Wildman–Crippen MR) is 116 cm³/mol. The largest absolute Gasteiger partial charge is 0.378 e. The highest BCUT2D eigenvalue weighted by atomic mass is 32.1. The summed E-state index contributed by atoms with van der Waals surface area (Å²) in [5.41, 5.74) is 0. The van der Waals surface area contributed by atoms with Crippen LogP contribution < -0.4 is 15.5 Å². The highest BCUT2D eigenvalue weighted by Crippen LogP contribution is 2.30. The van der Waals surface area contributed by atoms with Crippen molar-refractivity contribution in [3.8, 4) is 0 Å². The van der Waals surface area contributed by atoms with Gasteiger partial charge < -0.3 is 20.3 Å². The lowest BCUT2D eigenvalue weighted by Gasteiger charge is -2.33. The SMILES string of the molecule is CCOC(CCNC(=NC)NC1CCN(c2cccs2)CC1)C1CCCC1. The normalized spacial score (nSPS) is 20.8. The first-order valence-corrected chi connectivity index (χ1v) is 11.5. The van der Waals surface area contributed by atoms with E-state index in [-0.39, 0.29) is 0 Å². The molecule has 27 heavy (non-hydrogen) atoms. The minimum atomic E-state index is 0.400. The van der Waals surface area contributed by atoms with Gasteiger partial charge in [0.15, 0.2) is 5.96 Å². The summed E-state index contributed by atoms with van der Waals surface area (Å²) in [4.78, 5) is 6.93. The Morgan fingerprint density at radius 2 is 2.07 bits per heavy atom. The van der Waals surface area contributed by atoms with Gasteiger partial charge in [0.2, 0.25) is 0 Å². The molecule has 0 bridgehead atoms. The predicted octanol–water partition coefficient (Wildman–Crippen LogP) is 3.87. The molecule has 1 aliphatic heterocycles. The fourth-order valence-corrected chi connectivity index (χ4v) is 5.20. The Labute approximate surface area is 168 Å². The number of nitrogens with one attached hydrogen (secondary N) is 2. The maximum Gasteiger partial charge on any atom is 0.191 e. The summed E-state index contributed by atoms with van der Waals surface area (Å²) < 4.78 is 6.03. The van der Waals surface area contributed by atoms with Crippen molar-refractivity contribution >= 4 is 22.3 Å². The van der Waals surface area contributed by atoms with Crippen molar-refractivity contribution in [3.63, 3.8) is 0 Å². The zero-order chi connectivity index (χ0) is 18.9. The number of piperidine rings is 1. The van der Waals surface area contributed by atoms with Gasteiger partial charge in [-0.05, 0) is 62.5 Å². The zero-order valence-corrected chi connectivity index (χ0v) is 17.8. The van der Waals surface area contributed by atoms with Gasteiger partial charge in [0.25, 0.3) is 0 Å². The number of nitrogens with zero attached hydrogens (tertiary/aromatic N) is 2. The lowest BCUT2D eigenvalue weighted by Crippen LogP contribution is -2.49. The molecule has 3 rings (SSSR count). The van der Waals surface area contributed by atoms with Crippen LogP contribution in [0.15, 0.2) is 22.5 Å². The molecule has 2 fully saturated rings. The number of guanidine groups is 1. The van der Waals surface area contributed by atoms with E-state index in [1.54, 1.807) is 0 Å². The molecular formula is C21H36N4OS. The van der Waals surface area contributed by atoms with Gasteiger partial charge in [0.05, 0.1) is 11.1 Å². The van der Waals surface area contributed by atoms with Crippen molar-refractivity contribution in [3.05, 3.63) is 17.5 Å². The highest BCUT2D eigenvalue weighted by molar-refractivity contribution is 7.14. The molecule has 1 aliphatic carbocycles. The summed E-state index contributed by atoms with van der Waals surface area (Å²) in [5.74, 6) is 1.69. The summed E-state index contributed by atoms with van der Waals surface area (Å²) in [6.45, 7) is 6.08. The summed E-state index contributed by atoms with van der Waals surface area (Å²) in [5, 5.41) is 10.7. The molecule has 6 heteroatoms. The Hall–Kier alpha value is -1.27. The first kappa shape index (κ1) is 20.5. The highest BCUT2D eigenvalue weighted by Gasteiger charge is 2.25. The fourth-order valence-electron chi connectivity index (χ4n) is 4.41. The molecule has 1 atom stereocenters. The molecule has 1 unspecified atom stereocenters. The van der Waals surface area contributed by atoms with E-state index >= 15 is 0 Å². The van der Waals surface area contributed by atoms with Crippen LogP contribution in [0.4, 0.5) is 5.00 Å². The van der Waals surface area contributed by atoms with E-state index in [0.717, 1.165) is 57.4 Å². The molecule has 1 aromatic rings. The monoisotopic (exact) mass is 392 g/mol. The van der Waals surface area contributed by atoms with Crippen LogP contribution in [0.2, 0.25) is 0 Å². The maximum atomic E-state index is 6.03. The third-order valence-electron chi connectivity index (χ3n) is 5.90. The molecule has 0 radical (unpaired) electrons. The lowest BCUT2D eigenvalue weighted by molar-refractivity contribution is 0.0169. The minimum Gasteiger partial charge on any atom is -0.378 e. The second-order valence-electron chi connectivity index (χ2n) is 7.68. The van der Waals surface area contributed by atoms with Gasteiger partial charge in [-0.25, -0.2) is 0 Å². The van der Waals surface area contributed by atoms with Crippen LogP contribution in [-0.2, 0) is 4.74 Å². The number of hydrogen-bond donors (Lipinski definition) is 2. The van der Waals surface area contributed by atoms with Crippen molar-refractivity contribution in [2.75, 3.05) is 38.2 Å². The van der Waals surface area contributed by atoms with Crippen LogP contribution in [0, 0.1) is 5.92 Å². The Balaban J connectivity index is 1.38. The quantitative estimate of drug-likeness (QED) is 0.521. The van der Waals surface area contributed by atoms with Gasteiger partial charge in [-0.2, -0.15) is 0 Å². The van der Waals surface area contributed by atoms with Gasteiger partial charge in [-0.1, -0.05) is 12.8 Å². The van der Waals surface area contributed by atoms with Gasteiger partial charge >= 0.3 is 0 Å². The van der Waals surface area contributed by atoms with E-state index in [1.165, 1.54) is 30.7 Å². The van der Waals surface area contributed by atoms with Crippen LogP contribution in [-0.4, -0.2) is 51.4 Å². The van der Waals surface area contributed by atoms with Crippen LogP contribution in [0.25, 0.3) is 0 Å². The Kier molecular flexibility index (Phi) is 8.27. The average Bonchev–Trinajstić information content (AvgIpc) is 3.41. The molecule has 5 nitrogen and oxygen atoms in total. The smallest absolute Gasteiger partial charge is 0.191 e. The number of hydrogen-bond acceptors (Lipinski definition) is 4. The third-order valence-corrected chi connectivity index (χ3v) is 6.83. The van der Waals surface area contributed by atoms with Crippen molar-refractivity contribution in [1.29, 1.82) is 0 Å². The van der Waals surface area contributed by atoms with Gasteiger partial charge in [0, 0.05) is 39.3 Å². The van der Waals surface area contributed by atoms with E-state index in [2.05, 4.69) is 45.0 Å². The number of anilines is 1. The van der Waals surface area contributed by atoms with E-state index in [1.807, 2.05) is 18.4 Å². The number of rotatable bonds is 8. The van der Waals surface area contributed by atoms with Gasteiger partial charge in [-0.15, -0.1) is 11.3 Å². The Morgan fingerprint density at radius 3 is 2.70 bits per heavy atom. The number of thiophene rings is 1. The second-order valence-corrected chi connectivity index (χ2v) is 8.61. The minimum absolute atomic E-state index is 0.400. The summed E-state index contributed by atoms with van der Waals surface area (Å²) in [6, 6.07) is 4.86. The summed E-state index contributed by atoms with van der Waals surface area (Å²) >= 11 is 1.83. The van der Waals surface area contributed by atoms with Crippen molar-refractivity contribution < 1.29 is 4.74 Å². The number of ether oxygens (including phenoxy) is 1. The first-order valence-electron chi connectivity index (χ1n) is 10.7. The van der Waals surface area contributed by atoms with Crippen molar-refractivity contribution in [1.82, 2.24) is 10.6 Å². The summed E-state index contributed by atoms with van der Waals surface area (Å²) in [7, 11) is 1.87. The molecule has 152 valence electrons. The molecule has 0 spiro atoms. The van der Waals surface area contributed by atoms with E-state index in [4.69, 9.17) is 4.74 Å². The van der Waals surface area contributed by atoms with Crippen LogP contribution >= 0.6 is 11.3 Å². The Morgan fingerprint density at radius 1 is 1.30 bits per heavy atom. The topological polar surface area (TPSA) is 48.9 Å². The molecule has 1 aromatic heterocycles. The Bertz CT molecular complexity index is 549. The van der Waals surface area contributed by atoms with Gasteiger partial charge in [-0.3, -0.25) is 4.99 Å². The molecule has 0 aromatic carbocycles. The van der Waals surface area contributed by atoms with E-state index in [9.17, 15) is 0 Å². The molecule has 0 amide bonds. The maximum absolute atomic E-state index is 6.03. The standard InChI is InChI=1S/C21H36N4OS/c1-3-26-19(17-7-4-5-8-17)10-13-23-21(22-2)24-18-11-14-25(15-12-18)20-9-6-16-27-20/h6,9,16-19H,3-5,7-8,10-15H2,1-2H3,(H2,22,23,24). The summed E-state index contributed by atoms with van der Waals surface area (Å²) in [6.07, 6.45) is 9.18. The third kappa shape index (κ3) is 6.11. The zero-order valence-electron chi connectivity index (χ0n) is 17.0. The first-order chi connectivity index (χ1) is 13.3. The van der Waals surface area contributed by atoms with Gasteiger partial charge in [0.1, 0.15) is 0 Å². The van der Waals surface area contributed by atoms with Crippen molar-refractivity contribution in [2.24, 2.45) is 10.9 Å². The molecule has 2 heterocycles. The molecule has 1 saturated heterocycles. The molecule has 2 N–H and O–H groups in total.